The lowest BCUT2D eigenvalue weighted by atomic mass is 9.89. The number of aromatic nitrogens is 2. The number of nitrogens with one attached hydrogen (secondary N) is 2. The van der Waals surface area contributed by atoms with Crippen LogP contribution in [0.4, 0.5) is 0 Å². The number of ether oxygens (including phenoxy) is 2. The van der Waals surface area contributed by atoms with E-state index in [0.29, 0.717) is 30.0 Å². The second-order valence-corrected chi connectivity index (χ2v) is 5.48. The van der Waals surface area contributed by atoms with Gasteiger partial charge in [0.25, 0.3) is 5.91 Å². The van der Waals surface area contributed by atoms with Crippen molar-refractivity contribution in [1.82, 2.24) is 15.3 Å². The molecule has 1 aliphatic heterocycles. The van der Waals surface area contributed by atoms with Crippen molar-refractivity contribution in [1.29, 1.82) is 0 Å². The number of aromatic amines is 1. The number of carbonyl (C=O) groups is 2. The Bertz CT molecular complexity index is 848. The third kappa shape index (κ3) is 2.66. The van der Waals surface area contributed by atoms with Crippen molar-refractivity contribution >= 4 is 29.2 Å². The maximum absolute atomic E-state index is 12.2. The van der Waals surface area contributed by atoms with Gasteiger partial charge in [0.05, 0.1) is 18.5 Å². The van der Waals surface area contributed by atoms with Crippen molar-refractivity contribution in [2.75, 3.05) is 20.3 Å². The van der Waals surface area contributed by atoms with Crippen molar-refractivity contribution in [3.8, 4) is 5.75 Å². The number of rotatable bonds is 7. The van der Waals surface area contributed by atoms with Gasteiger partial charge >= 0.3 is 0 Å². The zero-order valence-electron chi connectivity index (χ0n) is 13.5. The Balaban J connectivity index is 2.07. The van der Waals surface area contributed by atoms with E-state index in [1.807, 2.05) is 0 Å². The van der Waals surface area contributed by atoms with E-state index in [-0.39, 0.29) is 5.82 Å². The normalized spacial score (nSPS) is 22.0. The lowest BCUT2D eigenvalue weighted by molar-refractivity contribution is -0.130. The largest absolute Gasteiger partial charge is 0.489 e. The smallest absolute Gasteiger partial charge is 0.253 e. The minimum absolute atomic E-state index is 0.138. The summed E-state index contributed by atoms with van der Waals surface area (Å²) in [6.07, 6.45) is 1.23. The number of benzene rings is 1. The third-order valence-corrected chi connectivity index (χ3v) is 3.98. The van der Waals surface area contributed by atoms with Gasteiger partial charge < -0.3 is 31.2 Å². The second-order valence-electron chi connectivity index (χ2n) is 5.48. The monoisotopic (exact) mass is 346 g/mol. The minimum Gasteiger partial charge on any atom is -0.489 e. The van der Waals surface area contributed by atoms with E-state index in [1.54, 1.807) is 25.3 Å². The Morgan fingerprint density at radius 1 is 1.32 bits per heavy atom. The zero-order chi connectivity index (χ0) is 18.0. The molecule has 3 rings (SSSR count). The maximum atomic E-state index is 12.2. The number of nitrogens with two attached hydrogens (primary N) is 2. The van der Waals surface area contributed by atoms with Crippen LogP contribution >= 0.6 is 0 Å². The number of para-hydroxylation sites is 1. The molecule has 2 atom stereocenters. The molecule has 0 aliphatic carbocycles. The van der Waals surface area contributed by atoms with Gasteiger partial charge in [-0.05, 0) is 12.1 Å². The highest BCUT2D eigenvalue weighted by Gasteiger charge is 2.54. The number of methoxy groups -OCH3 is 1. The van der Waals surface area contributed by atoms with Gasteiger partial charge in [0.15, 0.2) is 6.04 Å². The quantitative estimate of drug-likeness (QED) is 0.459. The molecular formula is C15H18N6O4. The standard InChI is InChI=1S/C15H18N6O4/c1-24-5-6-25-9-4-2-3-8-10(9)21-14(20-8)15(13(17)23)11(12(16)22)18-7-19-15/h2-4,7,11H,5-6H2,1H3,(H2,16,22)(H2,17,23)(H,18,19)(H,20,21). The molecule has 0 radical (unpaired) electrons. The first-order valence-electron chi connectivity index (χ1n) is 7.50. The topological polar surface area (TPSA) is 158 Å². The number of H-pyrrole nitrogens is 1. The molecule has 1 aromatic heterocycles. The fourth-order valence-electron chi connectivity index (χ4n) is 2.76. The predicted molar refractivity (Wildman–Crippen MR) is 88.9 cm³/mol. The molecule has 2 unspecified atom stereocenters. The van der Waals surface area contributed by atoms with E-state index in [2.05, 4.69) is 20.3 Å². The SMILES string of the molecule is COCCOc1cccc2[nH]c(C3(C(N)=O)NC=NC3C(N)=O)nc12. The maximum Gasteiger partial charge on any atom is 0.253 e. The molecule has 0 bridgehead atoms. The van der Waals surface area contributed by atoms with Crippen molar-refractivity contribution < 1.29 is 19.1 Å². The minimum atomic E-state index is -1.67. The van der Waals surface area contributed by atoms with Crippen LogP contribution in [0.25, 0.3) is 11.0 Å². The Morgan fingerprint density at radius 3 is 2.80 bits per heavy atom. The van der Waals surface area contributed by atoms with Gasteiger partial charge in [0.2, 0.25) is 11.4 Å². The highest BCUT2D eigenvalue weighted by atomic mass is 16.5. The van der Waals surface area contributed by atoms with E-state index in [0.717, 1.165) is 0 Å². The van der Waals surface area contributed by atoms with Crippen molar-refractivity contribution in [2.24, 2.45) is 16.5 Å². The summed E-state index contributed by atoms with van der Waals surface area (Å²) in [5.41, 5.74) is 10.4. The fourth-order valence-corrected chi connectivity index (χ4v) is 2.76. The van der Waals surface area contributed by atoms with Crippen LogP contribution in [-0.2, 0) is 19.9 Å². The van der Waals surface area contributed by atoms with Crippen LogP contribution in [0, 0.1) is 0 Å². The van der Waals surface area contributed by atoms with Crippen LogP contribution < -0.4 is 21.5 Å². The average Bonchev–Trinajstić information content (AvgIpc) is 3.20. The summed E-state index contributed by atoms with van der Waals surface area (Å²) in [6, 6.07) is 4.07. The van der Waals surface area contributed by atoms with E-state index >= 15 is 0 Å². The molecule has 0 saturated heterocycles. The molecule has 1 aliphatic rings. The summed E-state index contributed by atoms with van der Waals surface area (Å²) in [5.74, 6) is -0.975. The zero-order valence-corrected chi connectivity index (χ0v) is 13.5. The van der Waals surface area contributed by atoms with Crippen LogP contribution in [-0.4, -0.2) is 54.5 Å². The van der Waals surface area contributed by atoms with Crippen molar-refractivity contribution in [3.63, 3.8) is 0 Å². The third-order valence-electron chi connectivity index (χ3n) is 3.98. The first-order chi connectivity index (χ1) is 12.0. The number of fused-ring (bicyclic) bond motifs is 1. The molecule has 6 N–H and O–H groups in total. The highest BCUT2D eigenvalue weighted by Crippen LogP contribution is 2.32. The van der Waals surface area contributed by atoms with Gasteiger partial charge in [-0.1, -0.05) is 6.07 Å². The molecule has 0 saturated carbocycles. The molecule has 132 valence electrons. The number of amides is 2. The lowest BCUT2D eigenvalue weighted by Gasteiger charge is -2.27. The van der Waals surface area contributed by atoms with Crippen molar-refractivity contribution in [3.05, 3.63) is 24.0 Å². The van der Waals surface area contributed by atoms with Crippen LogP contribution in [0.15, 0.2) is 23.2 Å². The molecule has 0 spiro atoms. The molecule has 1 aromatic carbocycles. The summed E-state index contributed by atoms with van der Waals surface area (Å²) in [6.45, 7) is 0.752. The second kappa shape index (κ2) is 6.40. The van der Waals surface area contributed by atoms with Gasteiger partial charge in [-0.2, -0.15) is 0 Å². The summed E-state index contributed by atoms with van der Waals surface area (Å²) in [5, 5.41) is 2.73. The Morgan fingerprint density at radius 2 is 2.12 bits per heavy atom. The number of aliphatic imine (C=N–C) groups is 1. The summed E-state index contributed by atoms with van der Waals surface area (Å²) in [4.78, 5) is 35.3. The fraction of sp³-hybridized carbons (Fsp3) is 0.333. The number of imidazole rings is 1. The van der Waals surface area contributed by atoms with E-state index < -0.39 is 23.4 Å². The number of hydrogen-bond donors (Lipinski definition) is 4. The predicted octanol–water partition coefficient (Wildman–Crippen LogP) is -1.25. The van der Waals surface area contributed by atoms with Gasteiger partial charge in [0, 0.05) is 7.11 Å². The van der Waals surface area contributed by atoms with E-state index in [9.17, 15) is 9.59 Å². The van der Waals surface area contributed by atoms with E-state index in [1.165, 1.54) is 6.34 Å². The molecule has 0 fully saturated rings. The summed E-state index contributed by atoms with van der Waals surface area (Å²) >= 11 is 0. The Hall–Kier alpha value is -3.14. The molecular weight excluding hydrogens is 328 g/mol. The van der Waals surface area contributed by atoms with Gasteiger partial charge in [-0.3, -0.25) is 14.6 Å². The van der Waals surface area contributed by atoms with Gasteiger partial charge in [-0.15, -0.1) is 0 Å². The first-order valence-corrected chi connectivity index (χ1v) is 7.50. The molecule has 2 amide bonds. The lowest BCUT2D eigenvalue weighted by Crippen LogP contribution is -2.59. The van der Waals surface area contributed by atoms with Crippen LogP contribution in [0.5, 0.6) is 5.75 Å². The van der Waals surface area contributed by atoms with Crippen LogP contribution in [0.2, 0.25) is 0 Å². The van der Waals surface area contributed by atoms with Gasteiger partial charge in [0.1, 0.15) is 23.7 Å². The Labute approximate surface area is 142 Å². The number of primary amides is 2. The van der Waals surface area contributed by atoms with Gasteiger partial charge in [-0.25, -0.2) is 4.98 Å². The number of nitrogens with zero attached hydrogens (tertiary/aromatic N) is 2. The summed E-state index contributed by atoms with van der Waals surface area (Å²) < 4.78 is 10.6. The molecule has 10 nitrogen and oxygen atoms in total. The molecule has 2 aromatic rings. The van der Waals surface area contributed by atoms with Crippen molar-refractivity contribution in [2.45, 2.75) is 11.6 Å². The summed E-state index contributed by atoms with van der Waals surface area (Å²) in [7, 11) is 1.57. The average molecular weight is 346 g/mol. The molecule has 10 heteroatoms. The number of hydrogen-bond acceptors (Lipinski definition) is 7. The highest BCUT2D eigenvalue weighted by molar-refractivity contribution is 5.99. The Kier molecular flexibility index (Phi) is 4.28. The first kappa shape index (κ1) is 16.7. The van der Waals surface area contributed by atoms with Crippen LogP contribution in [0.1, 0.15) is 5.82 Å². The molecule has 2 heterocycles. The van der Waals surface area contributed by atoms with E-state index in [4.69, 9.17) is 20.9 Å². The van der Waals surface area contributed by atoms with Crippen LogP contribution in [0.3, 0.4) is 0 Å². The molecule has 25 heavy (non-hydrogen) atoms. The number of carbonyl (C=O) groups excluding carboxylic acids is 2.